The van der Waals surface area contributed by atoms with Crippen molar-refractivity contribution in [2.24, 2.45) is 11.8 Å². The van der Waals surface area contributed by atoms with Gasteiger partial charge in [-0.15, -0.1) is 0 Å². The molecule has 2 saturated heterocycles. The number of hydrogen-bond donors (Lipinski definition) is 1. The molecular weight excluding hydrogens is 288 g/mol. The molecule has 2 fully saturated rings. The van der Waals surface area contributed by atoms with E-state index in [0.717, 1.165) is 32.8 Å². The number of rotatable bonds is 4. The molecule has 8 nitrogen and oxygen atoms in total. The Labute approximate surface area is 129 Å². The highest BCUT2D eigenvalue weighted by molar-refractivity contribution is 5.93. The predicted molar refractivity (Wildman–Crippen MR) is 76.3 cm³/mol. The van der Waals surface area contributed by atoms with Crippen LogP contribution in [0.3, 0.4) is 0 Å². The monoisotopic (exact) mass is 310 g/mol. The molecule has 3 rings (SSSR count). The maximum absolute atomic E-state index is 12.5. The van der Waals surface area contributed by atoms with Crippen LogP contribution < -0.4 is 0 Å². The minimum absolute atomic E-state index is 0.0921. The first-order valence-electron chi connectivity index (χ1n) is 7.68. The highest BCUT2D eigenvalue weighted by Gasteiger charge is 2.37. The van der Waals surface area contributed by atoms with Gasteiger partial charge in [0.15, 0.2) is 5.69 Å². The summed E-state index contributed by atoms with van der Waals surface area (Å²) in [4.78, 5) is 16.6. The largest absolute Gasteiger partial charge is 0.396 e. The van der Waals surface area contributed by atoms with E-state index in [4.69, 9.17) is 4.74 Å². The summed E-state index contributed by atoms with van der Waals surface area (Å²) in [5, 5.41) is 17.0. The molecule has 22 heavy (non-hydrogen) atoms. The van der Waals surface area contributed by atoms with Crippen molar-refractivity contribution in [3.05, 3.63) is 11.4 Å². The van der Waals surface area contributed by atoms with Gasteiger partial charge in [0.25, 0.3) is 5.91 Å². The molecule has 1 aromatic heterocycles. The van der Waals surface area contributed by atoms with Gasteiger partial charge in [0.05, 0.1) is 13.2 Å². The second-order valence-electron chi connectivity index (χ2n) is 6.02. The van der Waals surface area contributed by atoms with Gasteiger partial charge in [-0.05, 0) is 18.0 Å². The van der Waals surface area contributed by atoms with Crippen LogP contribution in [-0.2, 0) is 4.74 Å². The van der Waals surface area contributed by atoms with Crippen LogP contribution in [0.4, 0.5) is 0 Å². The van der Waals surface area contributed by atoms with Crippen molar-refractivity contribution >= 4 is 5.91 Å². The van der Waals surface area contributed by atoms with Gasteiger partial charge in [-0.2, -0.15) is 0 Å². The summed E-state index contributed by atoms with van der Waals surface area (Å²) in [7, 11) is 0. The SMILES string of the molecule is Cc1nonc1C(=O)N1C[C@@H](CN2CCOCC2)[C@@H](CO)C1. The number of amides is 1. The van der Waals surface area contributed by atoms with E-state index in [1.165, 1.54) is 0 Å². The minimum Gasteiger partial charge on any atom is -0.396 e. The Morgan fingerprint density at radius 3 is 2.64 bits per heavy atom. The average Bonchev–Trinajstić information content (AvgIpc) is 3.14. The van der Waals surface area contributed by atoms with E-state index < -0.39 is 0 Å². The lowest BCUT2D eigenvalue weighted by molar-refractivity contribution is 0.0264. The number of carbonyl (C=O) groups is 1. The van der Waals surface area contributed by atoms with Gasteiger partial charge in [-0.1, -0.05) is 5.16 Å². The Morgan fingerprint density at radius 1 is 1.27 bits per heavy atom. The van der Waals surface area contributed by atoms with E-state index in [2.05, 4.69) is 19.8 Å². The van der Waals surface area contributed by atoms with E-state index in [1.54, 1.807) is 11.8 Å². The van der Waals surface area contributed by atoms with Crippen LogP contribution in [0.2, 0.25) is 0 Å². The third-order valence-electron chi connectivity index (χ3n) is 4.55. The van der Waals surface area contributed by atoms with E-state index in [9.17, 15) is 9.90 Å². The van der Waals surface area contributed by atoms with E-state index in [-0.39, 0.29) is 30.0 Å². The second-order valence-corrected chi connectivity index (χ2v) is 6.02. The minimum atomic E-state index is -0.165. The molecule has 3 heterocycles. The van der Waals surface area contributed by atoms with Crippen molar-refractivity contribution < 1.29 is 19.3 Å². The molecule has 8 heteroatoms. The number of hydrogen-bond acceptors (Lipinski definition) is 7. The molecule has 2 aliphatic rings. The molecule has 0 unspecified atom stereocenters. The molecule has 0 bridgehead atoms. The first kappa shape index (κ1) is 15.4. The maximum atomic E-state index is 12.5. The van der Waals surface area contributed by atoms with E-state index in [1.807, 2.05) is 0 Å². The Kier molecular flexibility index (Phi) is 4.70. The summed E-state index contributed by atoms with van der Waals surface area (Å²) in [5.74, 6) is 0.209. The van der Waals surface area contributed by atoms with Gasteiger partial charge < -0.3 is 14.7 Å². The summed E-state index contributed by atoms with van der Waals surface area (Å²) in [6.45, 7) is 7.19. The highest BCUT2D eigenvalue weighted by Crippen LogP contribution is 2.26. The number of morpholine rings is 1. The molecule has 0 radical (unpaired) electrons. The van der Waals surface area contributed by atoms with Crippen molar-refractivity contribution in [3.8, 4) is 0 Å². The van der Waals surface area contributed by atoms with Crippen molar-refractivity contribution in [3.63, 3.8) is 0 Å². The molecule has 2 atom stereocenters. The van der Waals surface area contributed by atoms with Crippen LogP contribution in [0.15, 0.2) is 4.63 Å². The number of aromatic nitrogens is 2. The van der Waals surface area contributed by atoms with Crippen LogP contribution in [0.25, 0.3) is 0 Å². The maximum Gasteiger partial charge on any atom is 0.278 e. The summed E-state index contributed by atoms with van der Waals surface area (Å²) in [5.41, 5.74) is 0.769. The number of aryl methyl sites for hydroxylation is 1. The topological polar surface area (TPSA) is 91.9 Å². The molecule has 0 aliphatic carbocycles. The fourth-order valence-corrected chi connectivity index (χ4v) is 3.21. The van der Waals surface area contributed by atoms with E-state index in [0.29, 0.717) is 18.8 Å². The van der Waals surface area contributed by atoms with E-state index >= 15 is 0 Å². The highest BCUT2D eigenvalue weighted by atomic mass is 16.6. The molecule has 1 amide bonds. The third kappa shape index (κ3) is 3.13. The Morgan fingerprint density at radius 2 is 2.00 bits per heavy atom. The Bertz CT molecular complexity index is 515. The first-order chi connectivity index (χ1) is 10.7. The standard InChI is InChI=1S/C14H22N4O4/c1-10-13(16-22-15-10)14(20)18-7-11(12(8-18)9-19)6-17-2-4-21-5-3-17/h11-12,19H,2-9H2,1H3/t11-,12-/m1/s1. The zero-order chi connectivity index (χ0) is 15.5. The average molecular weight is 310 g/mol. The molecule has 0 saturated carbocycles. The number of carbonyl (C=O) groups excluding carboxylic acids is 1. The third-order valence-corrected chi connectivity index (χ3v) is 4.55. The molecule has 1 N–H and O–H groups in total. The van der Waals surface area contributed by atoms with Gasteiger partial charge >= 0.3 is 0 Å². The Hall–Kier alpha value is -1.51. The van der Waals surface area contributed by atoms with Gasteiger partial charge in [0.2, 0.25) is 0 Å². The van der Waals surface area contributed by atoms with Crippen molar-refractivity contribution in [1.82, 2.24) is 20.1 Å². The van der Waals surface area contributed by atoms with Gasteiger partial charge in [-0.25, -0.2) is 4.63 Å². The van der Waals surface area contributed by atoms with Crippen LogP contribution in [0.5, 0.6) is 0 Å². The summed E-state index contributed by atoms with van der Waals surface area (Å²) < 4.78 is 9.97. The number of aliphatic hydroxyl groups excluding tert-OH is 1. The summed E-state index contributed by atoms with van der Waals surface area (Å²) in [6, 6.07) is 0. The van der Waals surface area contributed by atoms with Gasteiger partial charge in [0, 0.05) is 45.2 Å². The lowest BCUT2D eigenvalue weighted by atomic mass is 9.96. The number of nitrogens with zero attached hydrogens (tertiary/aromatic N) is 4. The smallest absolute Gasteiger partial charge is 0.278 e. The van der Waals surface area contributed by atoms with Gasteiger partial charge in [0.1, 0.15) is 5.69 Å². The van der Waals surface area contributed by atoms with Crippen molar-refractivity contribution in [2.75, 3.05) is 52.5 Å². The van der Waals surface area contributed by atoms with Crippen LogP contribution in [0, 0.1) is 18.8 Å². The Balaban J connectivity index is 1.63. The zero-order valence-corrected chi connectivity index (χ0v) is 12.8. The summed E-state index contributed by atoms with van der Waals surface area (Å²) in [6.07, 6.45) is 0. The van der Waals surface area contributed by atoms with Crippen molar-refractivity contribution in [2.45, 2.75) is 6.92 Å². The number of likely N-dealkylation sites (tertiary alicyclic amines) is 1. The second kappa shape index (κ2) is 6.72. The van der Waals surface area contributed by atoms with Crippen molar-refractivity contribution in [1.29, 1.82) is 0 Å². The molecule has 1 aromatic rings. The van der Waals surface area contributed by atoms with Crippen LogP contribution in [-0.4, -0.2) is 83.7 Å². The fourth-order valence-electron chi connectivity index (χ4n) is 3.21. The van der Waals surface area contributed by atoms with Gasteiger partial charge in [-0.3, -0.25) is 9.69 Å². The lowest BCUT2D eigenvalue weighted by Gasteiger charge is -2.30. The zero-order valence-electron chi connectivity index (χ0n) is 12.8. The number of aliphatic hydroxyl groups is 1. The molecule has 2 aliphatic heterocycles. The lowest BCUT2D eigenvalue weighted by Crippen LogP contribution is -2.41. The molecule has 122 valence electrons. The first-order valence-corrected chi connectivity index (χ1v) is 7.68. The number of ether oxygens (including phenoxy) is 1. The molecule has 0 spiro atoms. The quantitative estimate of drug-likeness (QED) is 0.793. The summed E-state index contributed by atoms with van der Waals surface area (Å²) >= 11 is 0. The molecular formula is C14H22N4O4. The normalized spacial score (nSPS) is 26.5. The predicted octanol–water partition coefficient (Wildman–Crippen LogP) is -0.609. The van der Waals surface area contributed by atoms with Crippen LogP contribution in [0.1, 0.15) is 16.2 Å². The molecule has 0 aromatic carbocycles. The van der Waals surface area contributed by atoms with Crippen LogP contribution >= 0.6 is 0 Å². The fraction of sp³-hybridized carbons (Fsp3) is 0.786.